The molecule has 0 unspecified atom stereocenters. The average Bonchev–Trinajstić information content (AvgIpc) is 3.19. The smallest absolute Gasteiger partial charge is 0.247 e. The first-order valence-corrected chi connectivity index (χ1v) is 8.83. The molecule has 4 rings (SSSR count). The van der Waals surface area contributed by atoms with E-state index >= 15 is 0 Å². The summed E-state index contributed by atoms with van der Waals surface area (Å²) in [6.45, 7) is 2.59. The molecule has 0 aliphatic carbocycles. The van der Waals surface area contributed by atoms with Gasteiger partial charge in [-0.15, -0.1) is 5.10 Å². The quantitative estimate of drug-likeness (QED) is 0.576. The van der Waals surface area contributed by atoms with Gasteiger partial charge in [-0.25, -0.2) is 4.68 Å². The lowest BCUT2D eigenvalue weighted by Crippen LogP contribution is -2.20. The van der Waals surface area contributed by atoms with E-state index in [9.17, 15) is 4.79 Å². The van der Waals surface area contributed by atoms with E-state index in [0.29, 0.717) is 17.4 Å². The van der Waals surface area contributed by atoms with Crippen molar-refractivity contribution in [2.45, 2.75) is 20.0 Å². The Kier molecular flexibility index (Phi) is 4.60. The van der Waals surface area contributed by atoms with Crippen LogP contribution in [0.2, 0.25) is 5.02 Å². The van der Waals surface area contributed by atoms with Crippen molar-refractivity contribution in [1.29, 1.82) is 0 Å². The molecule has 0 saturated heterocycles. The molecule has 27 heavy (non-hydrogen) atoms. The van der Waals surface area contributed by atoms with Gasteiger partial charge in [0.25, 0.3) is 0 Å². The van der Waals surface area contributed by atoms with Crippen LogP contribution in [0.25, 0.3) is 11.0 Å². The zero-order valence-corrected chi connectivity index (χ0v) is 15.4. The van der Waals surface area contributed by atoms with E-state index in [-0.39, 0.29) is 12.5 Å². The van der Waals surface area contributed by atoms with Gasteiger partial charge in [-0.3, -0.25) is 9.48 Å². The predicted molar refractivity (Wildman–Crippen MR) is 104 cm³/mol. The van der Waals surface area contributed by atoms with Gasteiger partial charge in [0.2, 0.25) is 5.91 Å². The molecule has 4 aromatic rings. The molecular formula is C19H17ClN6O. The molecule has 0 spiro atoms. The molecular weight excluding hydrogens is 364 g/mol. The van der Waals surface area contributed by atoms with Crippen LogP contribution in [0, 0.1) is 6.92 Å². The predicted octanol–water partition coefficient (Wildman–Crippen LogP) is 3.28. The van der Waals surface area contributed by atoms with Crippen LogP contribution in [0.15, 0.2) is 54.6 Å². The number of aryl methyl sites for hydroxylation is 1. The number of nitrogens with one attached hydrogen (secondary N) is 1. The highest BCUT2D eigenvalue weighted by Gasteiger charge is 2.12. The number of carbonyl (C=O) groups excluding carboxylic acids is 1. The molecule has 1 N–H and O–H groups in total. The van der Waals surface area contributed by atoms with Gasteiger partial charge in [-0.2, -0.15) is 5.10 Å². The molecule has 136 valence electrons. The SMILES string of the molecule is Cc1cc(NC(=O)Cn2nnc3ccccc32)nn1Cc1cccc(Cl)c1. The van der Waals surface area contributed by atoms with E-state index in [0.717, 1.165) is 22.3 Å². The number of hydrogen-bond acceptors (Lipinski definition) is 4. The highest BCUT2D eigenvalue weighted by atomic mass is 35.5. The Hall–Kier alpha value is -3.19. The lowest BCUT2D eigenvalue weighted by molar-refractivity contribution is -0.116. The molecule has 8 heteroatoms. The fraction of sp³-hybridized carbons (Fsp3) is 0.158. The first-order valence-electron chi connectivity index (χ1n) is 8.45. The van der Waals surface area contributed by atoms with Crippen LogP contribution in [-0.4, -0.2) is 30.7 Å². The van der Waals surface area contributed by atoms with E-state index < -0.39 is 0 Å². The van der Waals surface area contributed by atoms with Crippen molar-refractivity contribution in [3.8, 4) is 0 Å². The Morgan fingerprint density at radius 1 is 1.11 bits per heavy atom. The molecule has 0 radical (unpaired) electrons. The van der Waals surface area contributed by atoms with Crippen molar-refractivity contribution in [3.05, 3.63) is 70.9 Å². The van der Waals surface area contributed by atoms with Crippen molar-refractivity contribution in [3.63, 3.8) is 0 Å². The van der Waals surface area contributed by atoms with Crippen molar-refractivity contribution in [1.82, 2.24) is 24.8 Å². The van der Waals surface area contributed by atoms with Crippen molar-refractivity contribution >= 4 is 34.4 Å². The number of benzene rings is 2. The minimum atomic E-state index is -0.210. The third kappa shape index (κ3) is 3.83. The van der Waals surface area contributed by atoms with Crippen molar-refractivity contribution < 1.29 is 4.79 Å². The van der Waals surface area contributed by atoms with Crippen LogP contribution in [0.5, 0.6) is 0 Å². The number of aromatic nitrogens is 5. The summed E-state index contributed by atoms with van der Waals surface area (Å²) in [4.78, 5) is 12.4. The van der Waals surface area contributed by atoms with E-state index in [2.05, 4.69) is 20.7 Å². The molecule has 0 saturated carbocycles. The Balaban J connectivity index is 1.46. The maximum Gasteiger partial charge on any atom is 0.247 e. The highest BCUT2D eigenvalue weighted by Crippen LogP contribution is 2.15. The third-order valence-electron chi connectivity index (χ3n) is 4.18. The number of para-hydroxylation sites is 1. The summed E-state index contributed by atoms with van der Waals surface area (Å²) >= 11 is 6.03. The molecule has 0 atom stereocenters. The normalized spacial score (nSPS) is 11.0. The molecule has 7 nitrogen and oxygen atoms in total. The first-order chi connectivity index (χ1) is 13.1. The summed E-state index contributed by atoms with van der Waals surface area (Å²) in [7, 11) is 0. The van der Waals surface area contributed by atoms with Gasteiger partial charge in [-0.05, 0) is 36.8 Å². The first kappa shape index (κ1) is 17.2. The summed E-state index contributed by atoms with van der Waals surface area (Å²) in [5.41, 5.74) is 3.56. The van der Waals surface area contributed by atoms with E-state index in [1.807, 2.05) is 66.2 Å². The second kappa shape index (κ2) is 7.20. The number of fused-ring (bicyclic) bond motifs is 1. The van der Waals surface area contributed by atoms with Crippen LogP contribution >= 0.6 is 11.6 Å². The van der Waals surface area contributed by atoms with Crippen molar-refractivity contribution in [2.24, 2.45) is 0 Å². The van der Waals surface area contributed by atoms with Crippen LogP contribution < -0.4 is 5.32 Å². The van der Waals surface area contributed by atoms with Crippen LogP contribution in [0.4, 0.5) is 5.82 Å². The lowest BCUT2D eigenvalue weighted by atomic mass is 10.2. The van der Waals surface area contributed by atoms with Crippen LogP contribution in [0.1, 0.15) is 11.3 Å². The maximum absolute atomic E-state index is 12.4. The zero-order chi connectivity index (χ0) is 18.8. The molecule has 2 aromatic carbocycles. The van der Waals surface area contributed by atoms with E-state index in [1.165, 1.54) is 0 Å². The summed E-state index contributed by atoms with van der Waals surface area (Å²) in [6, 6.07) is 17.0. The van der Waals surface area contributed by atoms with Gasteiger partial charge < -0.3 is 5.32 Å². The van der Waals surface area contributed by atoms with Gasteiger partial charge >= 0.3 is 0 Å². The van der Waals surface area contributed by atoms with Gasteiger partial charge in [0, 0.05) is 16.8 Å². The number of halogens is 1. The number of amides is 1. The largest absolute Gasteiger partial charge is 0.308 e. The Labute approximate surface area is 160 Å². The number of nitrogens with zero attached hydrogens (tertiary/aromatic N) is 5. The van der Waals surface area contributed by atoms with Gasteiger partial charge in [-0.1, -0.05) is 41.1 Å². The Bertz CT molecular complexity index is 1120. The lowest BCUT2D eigenvalue weighted by Gasteiger charge is -2.05. The number of anilines is 1. The minimum Gasteiger partial charge on any atom is -0.308 e. The monoisotopic (exact) mass is 380 g/mol. The van der Waals surface area contributed by atoms with E-state index in [4.69, 9.17) is 11.6 Å². The molecule has 2 aromatic heterocycles. The maximum atomic E-state index is 12.4. The number of carbonyl (C=O) groups is 1. The molecule has 0 bridgehead atoms. The Morgan fingerprint density at radius 3 is 2.81 bits per heavy atom. The molecule has 1 amide bonds. The third-order valence-corrected chi connectivity index (χ3v) is 4.42. The summed E-state index contributed by atoms with van der Waals surface area (Å²) in [6.07, 6.45) is 0. The minimum absolute atomic E-state index is 0.0702. The highest BCUT2D eigenvalue weighted by molar-refractivity contribution is 6.30. The topological polar surface area (TPSA) is 77.6 Å². The standard InChI is InChI=1S/C19H17ClN6O/c1-13-9-18(23-25(13)11-14-5-4-6-15(20)10-14)21-19(27)12-26-17-8-3-2-7-16(17)22-24-26/h2-10H,11-12H2,1H3,(H,21,23,27). The van der Waals surface area contributed by atoms with E-state index in [1.54, 1.807) is 4.68 Å². The fourth-order valence-electron chi connectivity index (χ4n) is 2.89. The second-order valence-corrected chi connectivity index (χ2v) is 6.68. The van der Waals surface area contributed by atoms with Crippen molar-refractivity contribution in [2.75, 3.05) is 5.32 Å². The van der Waals surface area contributed by atoms with Crippen LogP contribution in [0.3, 0.4) is 0 Å². The van der Waals surface area contributed by atoms with Gasteiger partial charge in [0.05, 0.1) is 12.1 Å². The average molecular weight is 381 g/mol. The molecule has 0 fully saturated rings. The Morgan fingerprint density at radius 2 is 1.96 bits per heavy atom. The van der Waals surface area contributed by atoms with Crippen LogP contribution in [-0.2, 0) is 17.9 Å². The van der Waals surface area contributed by atoms with Gasteiger partial charge in [0.15, 0.2) is 5.82 Å². The van der Waals surface area contributed by atoms with Gasteiger partial charge in [0.1, 0.15) is 12.1 Å². The zero-order valence-electron chi connectivity index (χ0n) is 14.6. The second-order valence-electron chi connectivity index (χ2n) is 6.24. The molecule has 0 aliphatic heterocycles. The molecule has 2 heterocycles. The number of hydrogen-bond donors (Lipinski definition) is 1. The molecule has 0 aliphatic rings. The number of rotatable bonds is 5. The summed E-state index contributed by atoms with van der Waals surface area (Å²) in [5, 5.41) is 16.1. The summed E-state index contributed by atoms with van der Waals surface area (Å²) < 4.78 is 3.40. The summed E-state index contributed by atoms with van der Waals surface area (Å²) in [5.74, 6) is 0.294. The fourth-order valence-corrected chi connectivity index (χ4v) is 3.10.